The minimum atomic E-state index is -0.950. The highest BCUT2D eigenvalue weighted by Crippen LogP contribution is 2.37. The van der Waals surface area contributed by atoms with Crippen molar-refractivity contribution in [3.05, 3.63) is 35.4 Å². The zero-order valence-electron chi connectivity index (χ0n) is 15.0. The van der Waals surface area contributed by atoms with Gasteiger partial charge in [-0.1, -0.05) is 32.9 Å². The maximum Gasteiger partial charge on any atom is 0.335 e. The zero-order chi connectivity index (χ0) is 18.1. The lowest BCUT2D eigenvalue weighted by Crippen LogP contribution is -2.44. The Morgan fingerprint density at radius 1 is 1.25 bits per heavy atom. The largest absolute Gasteiger partial charge is 0.478 e. The molecule has 0 bridgehead atoms. The van der Waals surface area contributed by atoms with Gasteiger partial charge >= 0.3 is 5.97 Å². The lowest BCUT2D eigenvalue weighted by Gasteiger charge is -2.38. The highest BCUT2D eigenvalue weighted by molar-refractivity contribution is 6.28. The van der Waals surface area contributed by atoms with Gasteiger partial charge in [0, 0.05) is 0 Å². The van der Waals surface area contributed by atoms with E-state index < -0.39 is 11.6 Å². The molecule has 1 aliphatic heterocycles. The molecule has 24 heavy (non-hydrogen) atoms. The minimum Gasteiger partial charge on any atom is -0.478 e. The molecule has 2 rings (SSSR count). The van der Waals surface area contributed by atoms with Gasteiger partial charge in [-0.15, -0.1) is 0 Å². The van der Waals surface area contributed by atoms with Crippen molar-refractivity contribution in [2.45, 2.75) is 59.2 Å². The SMILES string of the molecule is CC(C)(C)CCC(c1ccc(C(=O)O)cc1)N1C(=O)C=NC1(C)C. The van der Waals surface area contributed by atoms with Crippen LogP contribution in [0.3, 0.4) is 0 Å². The van der Waals surface area contributed by atoms with Crippen LogP contribution in [-0.4, -0.2) is 33.8 Å². The summed E-state index contributed by atoms with van der Waals surface area (Å²) < 4.78 is 0. The first-order chi connectivity index (χ1) is 11.0. The standard InChI is InChI=1S/C19H26N2O3/c1-18(2,3)11-10-15(21-16(22)12-20-19(21,4)5)13-6-8-14(9-7-13)17(23)24/h6-9,12,15H,10-11H2,1-5H3,(H,23,24). The fourth-order valence-electron chi connectivity index (χ4n) is 3.00. The Bertz CT molecular complexity index is 654. The first-order valence-corrected chi connectivity index (χ1v) is 8.23. The van der Waals surface area contributed by atoms with Crippen molar-refractivity contribution in [2.75, 3.05) is 0 Å². The molecule has 0 aromatic heterocycles. The van der Waals surface area contributed by atoms with Gasteiger partial charge in [-0.3, -0.25) is 9.79 Å². The van der Waals surface area contributed by atoms with E-state index in [1.165, 1.54) is 6.21 Å². The highest BCUT2D eigenvalue weighted by atomic mass is 16.4. The van der Waals surface area contributed by atoms with E-state index in [1.54, 1.807) is 29.2 Å². The second-order valence-electron chi connectivity index (χ2n) is 8.00. The quantitative estimate of drug-likeness (QED) is 0.890. The van der Waals surface area contributed by atoms with Crippen LogP contribution in [0.25, 0.3) is 0 Å². The van der Waals surface area contributed by atoms with Gasteiger partial charge in [0.15, 0.2) is 0 Å². The van der Waals surface area contributed by atoms with Crippen molar-refractivity contribution in [1.82, 2.24) is 4.90 Å². The first-order valence-electron chi connectivity index (χ1n) is 8.23. The number of benzene rings is 1. The molecule has 130 valence electrons. The molecule has 0 aliphatic carbocycles. The Balaban J connectivity index is 2.36. The highest BCUT2D eigenvalue weighted by Gasteiger charge is 2.40. The minimum absolute atomic E-state index is 0.0961. The molecule has 5 nitrogen and oxygen atoms in total. The second-order valence-corrected chi connectivity index (χ2v) is 8.00. The van der Waals surface area contributed by atoms with Crippen molar-refractivity contribution in [3.63, 3.8) is 0 Å². The van der Waals surface area contributed by atoms with E-state index in [-0.39, 0.29) is 22.9 Å². The van der Waals surface area contributed by atoms with E-state index in [0.717, 1.165) is 18.4 Å². The number of carbonyl (C=O) groups is 2. The molecule has 1 N–H and O–H groups in total. The maximum absolute atomic E-state index is 12.4. The third-order valence-corrected chi connectivity index (χ3v) is 4.34. The molecule has 1 aliphatic rings. The summed E-state index contributed by atoms with van der Waals surface area (Å²) in [6.45, 7) is 10.4. The second kappa shape index (κ2) is 6.38. The maximum atomic E-state index is 12.4. The van der Waals surface area contributed by atoms with E-state index in [0.29, 0.717) is 0 Å². The first kappa shape index (κ1) is 18.2. The van der Waals surface area contributed by atoms with Crippen molar-refractivity contribution >= 4 is 18.1 Å². The summed E-state index contributed by atoms with van der Waals surface area (Å²) in [7, 11) is 0. The van der Waals surface area contributed by atoms with Crippen molar-refractivity contribution in [3.8, 4) is 0 Å². The van der Waals surface area contributed by atoms with E-state index >= 15 is 0 Å². The molecular formula is C19H26N2O3. The Labute approximate surface area is 143 Å². The lowest BCUT2D eigenvalue weighted by atomic mass is 9.86. The monoisotopic (exact) mass is 330 g/mol. The molecule has 1 unspecified atom stereocenters. The number of rotatable bonds is 5. The number of hydrogen-bond donors (Lipinski definition) is 1. The van der Waals surface area contributed by atoms with Crippen LogP contribution < -0.4 is 0 Å². The van der Waals surface area contributed by atoms with E-state index in [2.05, 4.69) is 25.8 Å². The summed E-state index contributed by atoms with van der Waals surface area (Å²) in [6, 6.07) is 6.67. The number of aromatic carboxylic acids is 1. The fraction of sp³-hybridized carbons (Fsp3) is 0.526. The summed E-state index contributed by atoms with van der Waals surface area (Å²) in [5.74, 6) is -1.05. The van der Waals surface area contributed by atoms with Gasteiger partial charge in [0.2, 0.25) is 0 Å². The summed E-state index contributed by atoms with van der Waals surface area (Å²) in [5.41, 5.74) is 0.741. The zero-order valence-corrected chi connectivity index (χ0v) is 15.0. The average molecular weight is 330 g/mol. The molecular weight excluding hydrogens is 304 g/mol. The summed E-state index contributed by atoms with van der Waals surface area (Å²) in [6.07, 6.45) is 3.13. The van der Waals surface area contributed by atoms with Crippen LogP contribution >= 0.6 is 0 Å². The van der Waals surface area contributed by atoms with Crippen molar-refractivity contribution in [2.24, 2.45) is 10.4 Å². The Morgan fingerprint density at radius 3 is 2.25 bits per heavy atom. The lowest BCUT2D eigenvalue weighted by molar-refractivity contribution is -0.130. The molecule has 1 aromatic rings. The number of aliphatic imine (C=N–C) groups is 1. The van der Waals surface area contributed by atoms with Crippen LogP contribution in [0.4, 0.5) is 0 Å². The van der Waals surface area contributed by atoms with Gasteiger partial charge in [0.1, 0.15) is 5.66 Å². The van der Waals surface area contributed by atoms with Crippen LogP contribution in [0.15, 0.2) is 29.3 Å². The summed E-state index contributed by atoms with van der Waals surface area (Å²) >= 11 is 0. The smallest absolute Gasteiger partial charge is 0.335 e. The average Bonchev–Trinajstić information content (AvgIpc) is 2.74. The molecule has 1 aromatic carbocycles. The van der Waals surface area contributed by atoms with Crippen LogP contribution in [0.2, 0.25) is 0 Å². The fourth-order valence-corrected chi connectivity index (χ4v) is 3.00. The molecule has 5 heteroatoms. The van der Waals surface area contributed by atoms with Crippen LogP contribution in [0.1, 0.15) is 69.4 Å². The molecule has 0 radical (unpaired) electrons. The number of carboxylic acid groups (broad SMARTS) is 1. The Morgan fingerprint density at radius 2 is 1.83 bits per heavy atom. The van der Waals surface area contributed by atoms with Gasteiger partial charge in [-0.25, -0.2) is 4.79 Å². The van der Waals surface area contributed by atoms with E-state index in [1.807, 2.05) is 13.8 Å². The number of hydrogen-bond acceptors (Lipinski definition) is 3. The van der Waals surface area contributed by atoms with Crippen LogP contribution in [0.5, 0.6) is 0 Å². The van der Waals surface area contributed by atoms with Gasteiger partial charge in [0.05, 0.1) is 17.8 Å². The van der Waals surface area contributed by atoms with Crippen LogP contribution in [-0.2, 0) is 4.79 Å². The third-order valence-electron chi connectivity index (χ3n) is 4.34. The third kappa shape index (κ3) is 4.02. The molecule has 0 saturated carbocycles. The van der Waals surface area contributed by atoms with Crippen LogP contribution in [0, 0.1) is 5.41 Å². The van der Waals surface area contributed by atoms with E-state index in [4.69, 9.17) is 5.11 Å². The Kier molecular flexibility index (Phi) is 4.83. The van der Waals surface area contributed by atoms with E-state index in [9.17, 15) is 9.59 Å². The predicted octanol–water partition coefficient (Wildman–Crippen LogP) is 3.90. The number of nitrogens with zero attached hydrogens (tertiary/aromatic N) is 2. The Hall–Kier alpha value is -2.17. The van der Waals surface area contributed by atoms with Gasteiger partial charge in [0.25, 0.3) is 5.91 Å². The summed E-state index contributed by atoms with van der Waals surface area (Å²) in [4.78, 5) is 29.6. The van der Waals surface area contributed by atoms with Gasteiger partial charge < -0.3 is 10.0 Å². The molecule has 0 saturated heterocycles. The molecule has 1 amide bonds. The molecule has 0 spiro atoms. The van der Waals surface area contributed by atoms with Gasteiger partial charge in [-0.05, 0) is 49.8 Å². The molecule has 1 atom stereocenters. The molecule has 1 heterocycles. The topological polar surface area (TPSA) is 70.0 Å². The number of carboxylic acids is 1. The normalized spacial score (nSPS) is 18.0. The van der Waals surface area contributed by atoms with Gasteiger partial charge in [-0.2, -0.15) is 0 Å². The number of carbonyl (C=O) groups excluding carboxylic acids is 1. The summed E-state index contributed by atoms with van der Waals surface area (Å²) in [5, 5.41) is 9.08. The number of amides is 1. The predicted molar refractivity (Wildman–Crippen MR) is 94.2 cm³/mol. The van der Waals surface area contributed by atoms with Crippen molar-refractivity contribution in [1.29, 1.82) is 0 Å². The van der Waals surface area contributed by atoms with Crippen molar-refractivity contribution < 1.29 is 14.7 Å². The molecule has 0 fully saturated rings.